The number of fused-ring (bicyclic) bond motifs is 4. The lowest BCUT2D eigenvalue weighted by molar-refractivity contribution is -0.153. The molecule has 0 amide bonds. The number of nitriles is 1. The number of aliphatic hydroxyl groups is 1. The van der Waals surface area contributed by atoms with E-state index in [1.165, 1.54) is 0 Å². The van der Waals surface area contributed by atoms with Crippen molar-refractivity contribution in [2.24, 2.45) is 34.5 Å². The Hall–Kier alpha value is -0.920. The Kier molecular flexibility index (Phi) is 3.01. The van der Waals surface area contributed by atoms with Crippen LogP contribution in [0.4, 0.5) is 0 Å². The standard InChI is InChI=1S/C22H31NO3/c1-18-8-6-16-14(15(18)7-9-20(18,3)25)5-10-22-19(16,2)11-13(12-23)17(24)21(22,4)26-22/h13-16,25H,5-11H2,1-4H3/t13?,14-,15-,16-,18-,19+,20?,21?,22?/m0/s1. The minimum absolute atomic E-state index is 0.00184. The smallest absolute Gasteiger partial charge is 0.184 e. The van der Waals surface area contributed by atoms with Gasteiger partial charge in [0, 0.05) is 5.41 Å². The Bertz CT molecular complexity index is 740. The van der Waals surface area contributed by atoms with E-state index in [9.17, 15) is 15.2 Å². The van der Waals surface area contributed by atoms with E-state index < -0.39 is 17.1 Å². The van der Waals surface area contributed by atoms with Gasteiger partial charge in [-0.05, 0) is 82.0 Å². The largest absolute Gasteiger partial charge is 0.390 e. The number of epoxide rings is 1. The molecule has 0 bridgehead atoms. The highest BCUT2D eigenvalue weighted by molar-refractivity contribution is 5.96. The van der Waals surface area contributed by atoms with Crippen LogP contribution < -0.4 is 0 Å². The van der Waals surface area contributed by atoms with Crippen LogP contribution in [0.2, 0.25) is 0 Å². The fourth-order valence-corrected chi connectivity index (χ4v) is 8.47. The second kappa shape index (κ2) is 4.55. The third-order valence-corrected chi connectivity index (χ3v) is 10.2. The van der Waals surface area contributed by atoms with E-state index in [-0.39, 0.29) is 22.2 Å². The molecule has 1 N–H and O–H groups in total. The number of ether oxygens (including phenoxy) is 1. The van der Waals surface area contributed by atoms with Gasteiger partial charge < -0.3 is 9.84 Å². The third-order valence-electron chi connectivity index (χ3n) is 10.2. The van der Waals surface area contributed by atoms with Crippen molar-refractivity contribution in [2.45, 2.75) is 89.4 Å². The summed E-state index contributed by atoms with van der Waals surface area (Å²) in [6.45, 7) is 8.57. The fourth-order valence-electron chi connectivity index (χ4n) is 8.47. The number of hydrogen-bond acceptors (Lipinski definition) is 4. The number of nitrogens with zero attached hydrogens (tertiary/aromatic N) is 1. The van der Waals surface area contributed by atoms with Crippen molar-refractivity contribution in [1.29, 1.82) is 5.26 Å². The zero-order valence-electron chi connectivity index (χ0n) is 16.5. The van der Waals surface area contributed by atoms with E-state index in [1.807, 2.05) is 13.8 Å². The van der Waals surface area contributed by atoms with Crippen molar-refractivity contribution in [3.63, 3.8) is 0 Å². The van der Waals surface area contributed by atoms with Crippen LogP contribution >= 0.6 is 0 Å². The van der Waals surface area contributed by atoms with Crippen LogP contribution in [-0.4, -0.2) is 27.7 Å². The molecular weight excluding hydrogens is 326 g/mol. The van der Waals surface area contributed by atoms with E-state index >= 15 is 0 Å². The summed E-state index contributed by atoms with van der Waals surface area (Å²) < 4.78 is 6.28. The van der Waals surface area contributed by atoms with Crippen molar-refractivity contribution in [3.8, 4) is 6.07 Å². The van der Waals surface area contributed by atoms with E-state index in [2.05, 4.69) is 19.9 Å². The fraction of sp³-hybridized carbons (Fsp3) is 0.909. The summed E-state index contributed by atoms with van der Waals surface area (Å²) in [5.41, 5.74) is -1.76. The van der Waals surface area contributed by atoms with Gasteiger partial charge in [-0.3, -0.25) is 4.79 Å². The quantitative estimate of drug-likeness (QED) is 0.672. The first-order valence-corrected chi connectivity index (χ1v) is 10.4. The Morgan fingerprint density at radius 2 is 1.69 bits per heavy atom. The predicted molar refractivity (Wildman–Crippen MR) is 96.0 cm³/mol. The van der Waals surface area contributed by atoms with Gasteiger partial charge in [-0.25, -0.2) is 0 Å². The van der Waals surface area contributed by atoms with Gasteiger partial charge in [0.2, 0.25) is 0 Å². The predicted octanol–water partition coefficient (Wildman–Crippen LogP) is 3.62. The van der Waals surface area contributed by atoms with Gasteiger partial charge in [0.15, 0.2) is 11.4 Å². The van der Waals surface area contributed by atoms with E-state index in [1.54, 1.807) is 0 Å². The number of carbonyl (C=O) groups excluding carboxylic acids is 1. The zero-order valence-corrected chi connectivity index (χ0v) is 16.5. The topological polar surface area (TPSA) is 73.6 Å². The molecule has 4 unspecified atom stereocenters. The molecule has 1 saturated heterocycles. The van der Waals surface area contributed by atoms with Crippen molar-refractivity contribution in [2.75, 3.05) is 0 Å². The maximum atomic E-state index is 12.8. The van der Waals surface area contributed by atoms with Gasteiger partial charge in [0.1, 0.15) is 11.5 Å². The summed E-state index contributed by atoms with van der Waals surface area (Å²) >= 11 is 0. The van der Waals surface area contributed by atoms with E-state index in [4.69, 9.17) is 4.74 Å². The summed E-state index contributed by atoms with van der Waals surface area (Å²) in [6, 6.07) is 2.28. The van der Waals surface area contributed by atoms with Crippen LogP contribution in [0.15, 0.2) is 0 Å². The molecule has 0 radical (unpaired) electrons. The Morgan fingerprint density at radius 1 is 1.04 bits per heavy atom. The molecule has 1 aliphatic heterocycles. The molecule has 26 heavy (non-hydrogen) atoms. The van der Waals surface area contributed by atoms with Gasteiger partial charge in [0.05, 0.1) is 11.7 Å². The SMILES string of the molecule is CC12OC13CC[C@H]1[C@@H]4CCC(C)(O)[C@@]4(C)CC[C@@H]1[C@@]3(C)CC(C#N)C2=O. The Labute approximate surface area is 156 Å². The summed E-state index contributed by atoms with van der Waals surface area (Å²) in [5, 5.41) is 20.6. The highest BCUT2D eigenvalue weighted by Gasteiger charge is 2.84. The minimum atomic E-state index is -0.743. The molecule has 0 aromatic heterocycles. The van der Waals surface area contributed by atoms with Crippen molar-refractivity contribution >= 4 is 5.78 Å². The van der Waals surface area contributed by atoms with E-state index in [0.717, 1.165) is 38.5 Å². The van der Waals surface area contributed by atoms with Crippen molar-refractivity contribution in [1.82, 2.24) is 0 Å². The third kappa shape index (κ3) is 1.55. The second-order valence-electron chi connectivity index (χ2n) is 10.8. The second-order valence-corrected chi connectivity index (χ2v) is 10.8. The summed E-state index contributed by atoms with van der Waals surface area (Å²) in [6.07, 6.45) is 6.80. The molecule has 0 aromatic carbocycles. The number of carbonyl (C=O) groups is 1. The first-order valence-electron chi connectivity index (χ1n) is 10.4. The summed E-state index contributed by atoms with van der Waals surface area (Å²) in [5.74, 6) is 1.11. The molecule has 4 aliphatic carbocycles. The van der Waals surface area contributed by atoms with Gasteiger partial charge in [-0.15, -0.1) is 0 Å². The molecule has 0 aromatic rings. The average Bonchev–Trinajstić information content (AvgIpc) is 3.14. The number of rotatable bonds is 0. The lowest BCUT2D eigenvalue weighted by Crippen LogP contribution is -2.62. The van der Waals surface area contributed by atoms with Crippen LogP contribution in [0.5, 0.6) is 0 Å². The van der Waals surface area contributed by atoms with E-state index in [0.29, 0.717) is 24.2 Å². The number of Topliss-reactive ketones (excluding diaryl/α,β-unsaturated/α-hetero) is 1. The van der Waals surface area contributed by atoms with Gasteiger partial charge in [-0.1, -0.05) is 13.8 Å². The van der Waals surface area contributed by atoms with Crippen LogP contribution in [0.1, 0.15) is 72.6 Å². The first-order chi connectivity index (χ1) is 12.1. The maximum absolute atomic E-state index is 12.8. The molecule has 1 heterocycles. The zero-order chi connectivity index (χ0) is 18.8. The molecule has 4 nitrogen and oxygen atoms in total. The van der Waals surface area contributed by atoms with Crippen LogP contribution in [0, 0.1) is 45.8 Å². The summed E-state index contributed by atoms with van der Waals surface area (Å²) in [7, 11) is 0. The van der Waals surface area contributed by atoms with Gasteiger partial charge in [-0.2, -0.15) is 5.26 Å². The highest BCUT2D eigenvalue weighted by atomic mass is 16.6. The molecule has 5 aliphatic rings. The molecule has 4 saturated carbocycles. The Balaban J connectivity index is 1.55. The van der Waals surface area contributed by atoms with Crippen LogP contribution in [-0.2, 0) is 9.53 Å². The highest BCUT2D eigenvalue weighted by Crippen LogP contribution is 2.76. The minimum Gasteiger partial charge on any atom is -0.390 e. The molecular formula is C22H31NO3. The Morgan fingerprint density at radius 3 is 2.38 bits per heavy atom. The lowest BCUT2D eigenvalue weighted by atomic mass is 9.42. The maximum Gasteiger partial charge on any atom is 0.184 e. The number of hydrogen-bond donors (Lipinski definition) is 1. The monoisotopic (exact) mass is 357 g/mol. The molecule has 5 fully saturated rings. The molecule has 1 spiro atoms. The first kappa shape index (κ1) is 17.2. The molecule has 142 valence electrons. The summed E-state index contributed by atoms with van der Waals surface area (Å²) in [4.78, 5) is 12.8. The van der Waals surface area contributed by atoms with Crippen molar-refractivity contribution < 1.29 is 14.6 Å². The lowest BCUT2D eigenvalue weighted by Gasteiger charge is -2.60. The van der Waals surface area contributed by atoms with Crippen LogP contribution in [0.3, 0.4) is 0 Å². The molecule has 5 rings (SSSR count). The average molecular weight is 357 g/mol. The number of ketones is 1. The van der Waals surface area contributed by atoms with Gasteiger partial charge in [0.25, 0.3) is 0 Å². The molecule has 9 atom stereocenters. The van der Waals surface area contributed by atoms with Crippen LogP contribution in [0.25, 0.3) is 0 Å². The molecule has 4 heteroatoms. The van der Waals surface area contributed by atoms with Crippen molar-refractivity contribution in [3.05, 3.63) is 0 Å². The van der Waals surface area contributed by atoms with Gasteiger partial charge >= 0.3 is 0 Å². The normalized spacial score (nSPS) is 63.2.